The van der Waals surface area contributed by atoms with Gasteiger partial charge in [-0.15, -0.1) is 0 Å². The molecule has 1 aliphatic rings. The molecule has 0 spiro atoms. The highest BCUT2D eigenvalue weighted by Gasteiger charge is 2.32. The summed E-state index contributed by atoms with van der Waals surface area (Å²) in [7, 11) is 0.985. The molecule has 1 fully saturated rings. The Bertz CT molecular complexity index is 933. The molecule has 2 aromatic rings. The van der Waals surface area contributed by atoms with E-state index in [9.17, 15) is 13.2 Å². The van der Waals surface area contributed by atoms with E-state index in [2.05, 4.69) is 10.2 Å². The Balaban J connectivity index is 1.61. The van der Waals surface area contributed by atoms with Crippen molar-refractivity contribution in [3.8, 4) is 5.75 Å². The van der Waals surface area contributed by atoms with Crippen LogP contribution in [0.1, 0.15) is 17.2 Å². The van der Waals surface area contributed by atoms with Gasteiger partial charge in [0.2, 0.25) is 5.91 Å². The minimum atomic E-state index is -3.02. The number of rotatable bonds is 9. The van der Waals surface area contributed by atoms with Crippen LogP contribution >= 0.6 is 0 Å². The van der Waals surface area contributed by atoms with Crippen molar-refractivity contribution < 1.29 is 17.9 Å². The monoisotopic (exact) mass is 445 g/mol. The standard InChI is InChI=1S/C23H31N3O4S/c1-25(2)12-15-30-21-10-8-19(9-11-21)18-24-23(27)22(20-6-4-3-5-7-20)26-13-16-31(28,29)17-14-26/h3-11,22H,12-18H2,1-2H3,(H,24,27). The Morgan fingerprint density at radius 3 is 2.32 bits per heavy atom. The van der Waals surface area contributed by atoms with Gasteiger partial charge in [-0.05, 0) is 37.4 Å². The molecule has 7 nitrogen and oxygen atoms in total. The summed E-state index contributed by atoms with van der Waals surface area (Å²) in [6.45, 7) is 2.57. The Morgan fingerprint density at radius 1 is 1.06 bits per heavy atom. The Labute approximate surface area is 184 Å². The molecule has 8 heteroatoms. The summed E-state index contributed by atoms with van der Waals surface area (Å²) in [4.78, 5) is 17.1. The average molecular weight is 446 g/mol. The van der Waals surface area contributed by atoms with Gasteiger partial charge < -0.3 is 15.0 Å². The van der Waals surface area contributed by atoms with Gasteiger partial charge in [0.25, 0.3) is 0 Å². The molecule has 1 N–H and O–H groups in total. The third kappa shape index (κ3) is 7.05. The van der Waals surface area contributed by atoms with Gasteiger partial charge in [-0.1, -0.05) is 42.5 Å². The highest BCUT2D eigenvalue weighted by atomic mass is 32.2. The van der Waals surface area contributed by atoms with Crippen LogP contribution in [0.25, 0.3) is 0 Å². The number of nitrogens with zero attached hydrogens (tertiary/aromatic N) is 2. The molecule has 0 bridgehead atoms. The molecule has 3 rings (SSSR count). The van der Waals surface area contributed by atoms with Crippen molar-refractivity contribution >= 4 is 15.7 Å². The molecule has 0 radical (unpaired) electrons. The zero-order chi connectivity index (χ0) is 22.3. The molecule has 1 heterocycles. The summed E-state index contributed by atoms with van der Waals surface area (Å²) < 4.78 is 29.3. The third-order valence-corrected chi connectivity index (χ3v) is 6.91. The summed E-state index contributed by atoms with van der Waals surface area (Å²) in [5, 5.41) is 3.02. The number of nitrogens with one attached hydrogen (secondary N) is 1. The molecule has 1 unspecified atom stereocenters. The minimum absolute atomic E-state index is 0.0822. The first-order valence-corrected chi connectivity index (χ1v) is 12.3. The van der Waals surface area contributed by atoms with Crippen molar-refractivity contribution in [1.29, 1.82) is 0 Å². The molecule has 0 aliphatic carbocycles. The first kappa shape index (κ1) is 23.2. The van der Waals surface area contributed by atoms with Gasteiger partial charge in [0, 0.05) is 26.2 Å². The van der Waals surface area contributed by atoms with Crippen LogP contribution in [0.2, 0.25) is 0 Å². The number of carbonyl (C=O) groups excluding carboxylic acids is 1. The smallest absolute Gasteiger partial charge is 0.242 e. The predicted octanol–water partition coefficient (Wildman–Crippen LogP) is 1.71. The SMILES string of the molecule is CN(C)CCOc1ccc(CNC(=O)C(c2ccccc2)N2CCS(=O)(=O)CC2)cc1. The average Bonchev–Trinajstić information content (AvgIpc) is 2.75. The topological polar surface area (TPSA) is 79.0 Å². The number of hydrogen-bond donors (Lipinski definition) is 1. The van der Waals surface area contributed by atoms with Crippen LogP contribution in [0.3, 0.4) is 0 Å². The lowest BCUT2D eigenvalue weighted by molar-refractivity contribution is -0.126. The van der Waals surface area contributed by atoms with Gasteiger partial charge in [0.05, 0.1) is 11.5 Å². The van der Waals surface area contributed by atoms with Crippen LogP contribution in [-0.2, 0) is 21.2 Å². The van der Waals surface area contributed by atoms with Gasteiger partial charge in [0.1, 0.15) is 18.4 Å². The predicted molar refractivity (Wildman–Crippen MR) is 122 cm³/mol. The highest BCUT2D eigenvalue weighted by Crippen LogP contribution is 2.23. The number of carbonyl (C=O) groups is 1. The zero-order valence-electron chi connectivity index (χ0n) is 18.2. The van der Waals surface area contributed by atoms with E-state index in [0.717, 1.165) is 23.4 Å². The number of hydrogen-bond acceptors (Lipinski definition) is 6. The Morgan fingerprint density at radius 2 is 1.71 bits per heavy atom. The molecule has 1 atom stereocenters. The molecule has 1 amide bonds. The molecule has 0 saturated carbocycles. The van der Waals surface area contributed by atoms with E-state index in [1.807, 2.05) is 73.6 Å². The van der Waals surface area contributed by atoms with Crippen LogP contribution in [0.5, 0.6) is 5.75 Å². The third-order valence-electron chi connectivity index (χ3n) is 5.31. The van der Waals surface area contributed by atoms with E-state index in [0.29, 0.717) is 26.2 Å². The lowest BCUT2D eigenvalue weighted by Crippen LogP contribution is -2.47. The molecule has 168 valence electrons. The van der Waals surface area contributed by atoms with Crippen LogP contribution in [-0.4, -0.2) is 76.0 Å². The second-order valence-corrected chi connectivity index (χ2v) is 10.3. The fourth-order valence-corrected chi connectivity index (χ4v) is 4.71. The second-order valence-electron chi connectivity index (χ2n) is 8.01. The number of amides is 1. The number of sulfone groups is 1. The maximum Gasteiger partial charge on any atom is 0.242 e. The van der Waals surface area contributed by atoms with Crippen molar-refractivity contribution in [2.45, 2.75) is 12.6 Å². The molecular formula is C23H31N3O4S. The zero-order valence-corrected chi connectivity index (χ0v) is 19.0. The summed E-state index contributed by atoms with van der Waals surface area (Å²) in [5.74, 6) is 0.836. The van der Waals surface area contributed by atoms with Crippen LogP contribution in [0.4, 0.5) is 0 Å². The van der Waals surface area contributed by atoms with Crippen molar-refractivity contribution in [3.05, 3.63) is 65.7 Å². The number of likely N-dealkylation sites (N-methyl/N-ethyl adjacent to an activating group) is 1. The second kappa shape index (κ2) is 10.7. The number of benzene rings is 2. The van der Waals surface area contributed by atoms with Crippen LogP contribution in [0.15, 0.2) is 54.6 Å². The minimum Gasteiger partial charge on any atom is -0.492 e. The maximum atomic E-state index is 13.1. The van der Waals surface area contributed by atoms with E-state index in [-0.39, 0.29) is 17.4 Å². The van der Waals surface area contributed by atoms with Crippen molar-refractivity contribution in [1.82, 2.24) is 15.1 Å². The Kier molecular flexibility index (Phi) is 8.06. The normalized spacial score (nSPS) is 17.3. The lowest BCUT2D eigenvalue weighted by Gasteiger charge is -2.33. The van der Waals surface area contributed by atoms with Crippen molar-refractivity contribution in [2.75, 3.05) is 51.8 Å². The van der Waals surface area contributed by atoms with Crippen molar-refractivity contribution in [2.24, 2.45) is 0 Å². The maximum absolute atomic E-state index is 13.1. The summed E-state index contributed by atoms with van der Waals surface area (Å²) in [6, 6.07) is 16.7. The number of ether oxygens (including phenoxy) is 1. The quantitative estimate of drug-likeness (QED) is 0.633. The van der Waals surface area contributed by atoms with Crippen LogP contribution in [0, 0.1) is 0 Å². The molecule has 2 aromatic carbocycles. The van der Waals surface area contributed by atoms with Gasteiger partial charge in [-0.25, -0.2) is 8.42 Å². The van der Waals surface area contributed by atoms with Gasteiger partial charge >= 0.3 is 0 Å². The van der Waals surface area contributed by atoms with E-state index < -0.39 is 15.9 Å². The lowest BCUT2D eigenvalue weighted by atomic mass is 10.0. The highest BCUT2D eigenvalue weighted by molar-refractivity contribution is 7.91. The van der Waals surface area contributed by atoms with E-state index in [1.54, 1.807) is 0 Å². The fourth-order valence-electron chi connectivity index (χ4n) is 3.48. The fraction of sp³-hybridized carbons (Fsp3) is 0.435. The van der Waals surface area contributed by atoms with Crippen molar-refractivity contribution in [3.63, 3.8) is 0 Å². The first-order valence-electron chi connectivity index (χ1n) is 10.5. The largest absolute Gasteiger partial charge is 0.492 e. The van der Waals surface area contributed by atoms with Gasteiger partial charge in [-0.3, -0.25) is 9.69 Å². The van der Waals surface area contributed by atoms with Crippen LogP contribution < -0.4 is 10.1 Å². The van der Waals surface area contributed by atoms with E-state index >= 15 is 0 Å². The van der Waals surface area contributed by atoms with Gasteiger partial charge in [-0.2, -0.15) is 0 Å². The Hall–Kier alpha value is -2.42. The molecule has 31 heavy (non-hydrogen) atoms. The van der Waals surface area contributed by atoms with E-state index in [4.69, 9.17) is 4.74 Å². The summed E-state index contributed by atoms with van der Waals surface area (Å²) >= 11 is 0. The summed E-state index contributed by atoms with van der Waals surface area (Å²) in [6.07, 6.45) is 0. The summed E-state index contributed by atoms with van der Waals surface area (Å²) in [5.41, 5.74) is 1.84. The van der Waals surface area contributed by atoms with E-state index in [1.165, 1.54) is 0 Å². The molecule has 1 aliphatic heterocycles. The first-order chi connectivity index (χ1) is 14.8. The van der Waals surface area contributed by atoms with Gasteiger partial charge in [0.15, 0.2) is 9.84 Å². The molecule has 0 aromatic heterocycles. The molecular weight excluding hydrogens is 414 g/mol. The molecule has 1 saturated heterocycles.